The van der Waals surface area contributed by atoms with E-state index >= 15 is 0 Å². The number of carbonyl (C=O) groups excluding carboxylic acids is 1. The number of pyridine rings is 1. The first-order valence-corrected chi connectivity index (χ1v) is 6.75. The van der Waals surface area contributed by atoms with Crippen LogP contribution in [0.1, 0.15) is 24.5 Å². The van der Waals surface area contributed by atoms with Crippen LogP contribution in [0.4, 0.5) is 4.79 Å². The third-order valence-corrected chi connectivity index (χ3v) is 2.92. The average molecular weight is 337 g/mol. The summed E-state index contributed by atoms with van der Waals surface area (Å²) in [5, 5.41) is 2.65. The summed E-state index contributed by atoms with van der Waals surface area (Å²) in [6, 6.07) is 5.01. The second kappa shape index (κ2) is 6.95. The van der Waals surface area contributed by atoms with Gasteiger partial charge in [-0.15, -0.1) is 0 Å². The number of carbonyl (C=O) groups is 1. The number of hydrogen-bond acceptors (Lipinski definition) is 5. The largest absolute Gasteiger partial charge is 0.443 e. The number of halogens is 1. The monoisotopic (exact) mass is 336 g/mol. The van der Waals surface area contributed by atoms with Crippen molar-refractivity contribution < 1.29 is 9.53 Å². The van der Waals surface area contributed by atoms with Gasteiger partial charge in [-0.2, -0.15) is 0 Å². The first-order chi connectivity index (χ1) is 9.65. The maximum absolute atomic E-state index is 11.6. The van der Waals surface area contributed by atoms with Crippen molar-refractivity contribution >= 4 is 22.0 Å². The highest BCUT2D eigenvalue weighted by molar-refractivity contribution is 9.10. The maximum atomic E-state index is 11.6. The van der Waals surface area contributed by atoms with E-state index < -0.39 is 6.09 Å². The molecule has 2 rings (SSSR count). The van der Waals surface area contributed by atoms with E-state index in [-0.39, 0.29) is 12.6 Å². The molecule has 2 heterocycles. The number of ether oxygens (including phenoxy) is 1. The molecule has 20 heavy (non-hydrogen) atoms. The Morgan fingerprint density at radius 1 is 1.35 bits per heavy atom. The van der Waals surface area contributed by atoms with Crippen LogP contribution in [0.15, 0.2) is 41.3 Å². The van der Waals surface area contributed by atoms with Crippen LogP contribution in [0.25, 0.3) is 0 Å². The van der Waals surface area contributed by atoms with Crippen molar-refractivity contribution in [1.82, 2.24) is 20.3 Å². The Hall–Kier alpha value is -2.02. The van der Waals surface area contributed by atoms with E-state index in [9.17, 15) is 4.79 Å². The number of aromatic nitrogens is 3. The molecule has 1 atom stereocenters. The molecule has 0 saturated heterocycles. The molecular weight excluding hydrogens is 324 g/mol. The molecule has 0 aliphatic heterocycles. The number of alkyl carbamates (subject to hydrolysis) is 1. The minimum Gasteiger partial charge on any atom is -0.443 e. The summed E-state index contributed by atoms with van der Waals surface area (Å²) in [4.78, 5) is 23.9. The quantitative estimate of drug-likeness (QED) is 0.928. The Bertz CT molecular complexity index is 562. The molecule has 7 heteroatoms. The van der Waals surface area contributed by atoms with Gasteiger partial charge in [-0.05, 0) is 41.1 Å². The predicted octanol–water partition coefficient (Wildman–Crippen LogP) is 2.62. The minimum absolute atomic E-state index is 0.113. The van der Waals surface area contributed by atoms with Crippen molar-refractivity contribution in [2.75, 3.05) is 0 Å². The number of rotatable bonds is 4. The molecule has 0 saturated carbocycles. The van der Waals surface area contributed by atoms with Crippen molar-refractivity contribution in [2.45, 2.75) is 19.6 Å². The summed E-state index contributed by atoms with van der Waals surface area (Å²) < 4.78 is 5.95. The van der Waals surface area contributed by atoms with Crippen LogP contribution < -0.4 is 5.32 Å². The molecule has 6 nitrogen and oxygen atoms in total. The van der Waals surface area contributed by atoms with Gasteiger partial charge in [0.15, 0.2) is 0 Å². The van der Waals surface area contributed by atoms with Crippen LogP contribution in [0.5, 0.6) is 0 Å². The summed E-state index contributed by atoms with van der Waals surface area (Å²) in [5.74, 6) is 0.534. The van der Waals surface area contributed by atoms with Crippen LogP contribution in [0, 0.1) is 0 Å². The van der Waals surface area contributed by atoms with Crippen LogP contribution in [0.3, 0.4) is 0 Å². The second-order valence-electron chi connectivity index (χ2n) is 4.02. The van der Waals surface area contributed by atoms with Crippen LogP contribution in [-0.2, 0) is 11.3 Å². The normalized spacial score (nSPS) is 11.7. The summed E-state index contributed by atoms with van der Waals surface area (Å²) in [6.45, 7) is 1.90. The van der Waals surface area contributed by atoms with Gasteiger partial charge in [0.25, 0.3) is 0 Å². The summed E-state index contributed by atoms with van der Waals surface area (Å²) in [7, 11) is 0. The van der Waals surface area contributed by atoms with Crippen molar-refractivity contribution in [3.63, 3.8) is 0 Å². The first-order valence-electron chi connectivity index (χ1n) is 5.96. The van der Waals surface area contributed by atoms with Gasteiger partial charge in [0.2, 0.25) is 0 Å². The van der Waals surface area contributed by atoms with Gasteiger partial charge < -0.3 is 10.1 Å². The van der Waals surface area contributed by atoms with E-state index in [0.717, 1.165) is 4.47 Å². The fourth-order valence-corrected chi connectivity index (χ4v) is 1.68. The molecule has 0 spiro atoms. The molecule has 1 unspecified atom stereocenters. The highest BCUT2D eigenvalue weighted by atomic mass is 79.9. The zero-order chi connectivity index (χ0) is 14.4. The lowest BCUT2D eigenvalue weighted by Crippen LogP contribution is -2.28. The molecule has 0 aromatic carbocycles. The zero-order valence-electron chi connectivity index (χ0n) is 10.8. The van der Waals surface area contributed by atoms with E-state index in [0.29, 0.717) is 11.5 Å². The van der Waals surface area contributed by atoms with Gasteiger partial charge in [-0.25, -0.2) is 14.8 Å². The highest BCUT2D eigenvalue weighted by Gasteiger charge is 2.12. The van der Waals surface area contributed by atoms with Crippen LogP contribution >= 0.6 is 15.9 Å². The van der Waals surface area contributed by atoms with Crippen molar-refractivity contribution in [1.29, 1.82) is 0 Å². The SMILES string of the molecule is CC(NC(=O)OCc1ccc(Br)cn1)c1ncccn1. The number of nitrogens with one attached hydrogen (secondary N) is 1. The molecule has 0 radical (unpaired) electrons. The third kappa shape index (κ3) is 4.27. The van der Waals surface area contributed by atoms with E-state index in [1.807, 2.05) is 6.07 Å². The summed E-state index contributed by atoms with van der Waals surface area (Å²) in [5.41, 5.74) is 0.673. The Balaban J connectivity index is 1.82. The molecule has 0 bridgehead atoms. The molecule has 2 aromatic heterocycles. The first kappa shape index (κ1) is 14.4. The fourth-order valence-electron chi connectivity index (χ4n) is 1.45. The van der Waals surface area contributed by atoms with Crippen molar-refractivity contribution in [3.05, 3.63) is 52.8 Å². The Morgan fingerprint density at radius 3 is 2.75 bits per heavy atom. The molecule has 0 aliphatic rings. The number of hydrogen-bond donors (Lipinski definition) is 1. The smallest absolute Gasteiger partial charge is 0.408 e. The third-order valence-electron chi connectivity index (χ3n) is 2.45. The Morgan fingerprint density at radius 2 is 2.10 bits per heavy atom. The summed E-state index contributed by atoms with van der Waals surface area (Å²) >= 11 is 3.29. The van der Waals surface area contributed by atoms with Gasteiger partial charge in [0.1, 0.15) is 12.4 Å². The van der Waals surface area contributed by atoms with E-state index in [1.165, 1.54) is 0 Å². The summed E-state index contributed by atoms with van der Waals surface area (Å²) in [6.07, 6.45) is 4.36. The van der Waals surface area contributed by atoms with Gasteiger partial charge in [0, 0.05) is 23.1 Å². The lowest BCUT2D eigenvalue weighted by molar-refractivity contribution is 0.134. The van der Waals surface area contributed by atoms with Gasteiger partial charge in [-0.3, -0.25) is 4.98 Å². The van der Waals surface area contributed by atoms with E-state index in [4.69, 9.17) is 4.74 Å². The van der Waals surface area contributed by atoms with Crippen LogP contribution in [-0.4, -0.2) is 21.0 Å². The second-order valence-corrected chi connectivity index (χ2v) is 4.93. The van der Waals surface area contributed by atoms with E-state index in [2.05, 4.69) is 36.2 Å². The molecule has 1 N–H and O–H groups in total. The molecule has 0 aliphatic carbocycles. The Kier molecular flexibility index (Phi) is 5.00. The number of amides is 1. The fraction of sp³-hybridized carbons (Fsp3) is 0.231. The van der Waals surface area contributed by atoms with Crippen molar-refractivity contribution in [3.8, 4) is 0 Å². The standard InChI is InChI=1S/C13H13BrN4O2/c1-9(12-15-5-2-6-16-12)18-13(19)20-8-11-4-3-10(14)7-17-11/h2-7,9H,8H2,1H3,(H,18,19). The van der Waals surface area contributed by atoms with Crippen LogP contribution in [0.2, 0.25) is 0 Å². The Labute approximate surface area is 124 Å². The lowest BCUT2D eigenvalue weighted by atomic mass is 10.3. The van der Waals surface area contributed by atoms with Crippen molar-refractivity contribution in [2.24, 2.45) is 0 Å². The molecule has 104 valence electrons. The molecule has 0 fully saturated rings. The molecule has 2 aromatic rings. The topological polar surface area (TPSA) is 77.0 Å². The molecule has 1 amide bonds. The number of nitrogens with zero attached hydrogens (tertiary/aromatic N) is 3. The average Bonchev–Trinajstić information content (AvgIpc) is 2.47. The molecular formula is C13H13BrN4O2. The predicted molar refractivity (Wildman–Crippen MR) is 75.7 cm³/mol. The lowest BCUT2D eigenvalue weighted by Gasteiger charge is -2.12. The van der Waals surface area contributed by atoms with Gasteiger partial charge in [-0.1, -0.05) is 0 Å². The zero-order valence-corrected chi connectivity index (χ0v) is 12.4. The minimum atomic E-state index is -0.533. The highest BCUT2D eigenvalue weighted by Crippen LogP contribution is 2.09. The van der Waals surface area contributed by atoms with Gasteiger partial charge in [0.05, 0.1) is 11.7 Å². The van der Waals surface area contributed by atoms with Gasteiger partial charge >= 0.3 is 6.09 Å². The maximum Gasteiger partial charge on any atom is 0.408 e. The van der Waals surface area contributed by atoms with E-state index in [1.54, 1.807) is 37.6 Å².